The van der Waals surface area contributed by atoms with Crippen molar-refractivity contribution < 1.29 is 24.6 Å². The lowest BCUT2D eigenvalue weighted by atomic mass is 10.2. The van der Waals surface area contributed by atoms with Gasteiger partial charge in [-0.2, -0.15) is 0 Å². The first-order valence-electron chi connectivity index (χ1n) is 4.60. The van der Waals surface area contributed by atoms with Gasteiger partial charge in [0.05, 0.1) is 6.54 Å². The Balaban J connectivity index is 0.000000318. The number of hydrogen-bond donors (Lipinski definition) is 5. The molecule has 6 N–H and O–H groups in total. The van der Waals surface area contributed by atoms with E-state index in [9.17, 15) is 14.4 Å². The maximum atomic E-state index is 10.2. The molecule has 0 aromatic carbocycles. The lowest BCUT2D eigenvalue weighted by molar-refractivity contribution is -0.139. The van der Waals surface area contributed by atoms with E-state index in [1.807, 2.05) is 0 Å². The zero-order chi connectivity index (χ0) is 13.4. The van der Waals surface area contributed by atoms with E-state index >= 15 is 0 Å². The number of hydrogen-bond acceptors (Lipinski definition) is 5. The van der Waals surface area contributed by atoms with Gasteiger partial charge >= 0.3 is 11.9 Å². The summed E-state index contributed by atoms with van der Waals surface area (Å²) in [6.45, 7) is 0.332. The van der Waals surface area contributed by atoms with Gasteiger partial charge in [0, 0.05) is 6.42 Å². The molecule has 0 aliphatic carbocycles. The van der Waals surface area contributed by atoms with Crippen molar-refractivity contribution in [2.24, 2.45) is 5.73 Å². The van der Waals surface area contributed by atoms with E-state index < -0.39 is 18.0 Å². The Labute approximate surface area is 102 Å². The van der Waals surface area contributed by atoms with Crippen LogP contribution in [0.5, 0.6) is 0 Å². The van der Waals surface area contributed by atoms with Gasteiger partial charge in [-0.15, -0.1) is 0 Å². The van der Waals surface area contributed by atoms with E-state index in [0.717, 1.165) is 0 Å². The molecule has 0 spiro atoms. The van der Waals surface area contributed by atoms with Crippen molar-refractivity contribution in [1.82, 2.24) is 10.6 Å². The summed E-state index contributed by atoms with van der Waals surface area (Å²) in [5.41, 5.74) is 5.00. The first kappa shape index (κ1) is 15.3. The van der Waals surface area contributed by atoms with E-state index in [4.69, 9.17) is 15.9 Å². The molecule has 0 aromatic heterocycles. The predicted molar refractivity (Wildman–Crippen MR) is 61.2 cm³/mol. The van der Waals surface area contributed by atoms with Gasteiger partial charge in [0.15, 0.2) is 5.11 Å². The van der Waals surface area contributed by atoms with Crippen LogP contribution in [0.4, 0.5) is 0 Å². The minimum Gasteiger partial charge on any atom is -0.481 e. The minimum absolute atomic E-state index is 0.0231. The maximum absolute atomic E-state index is 10.2. The number of carboxylic acid groups (broad SMARTS) is 2. The number of carbonyl (C=O) groups is 3. The summed E-state index contributed by atoms with van der Waals surface area (Å²) in [5.74, 6) is -2.25. The molecule has 1 unspecified atom stereocenters. The molecule has 96 valence electrons. The van der Waals surface area contributed by atoms with Gasteiger partial charge in [-0.3, -0.25) is 14.4 Å². The molecule has 0 bridgehead atoms. The molecular weight excluding hydrogens is 250 g/mol. The monoisotopic (exact) mass is 263 g/mol. The summed E-state index contributed by atoms with van der Waals surface area (Å²) in [6.07, 6.45) is -0.224. The summed E-state index contributed by atoms with van der Waals surface area (Å²) >= 11 is 4.55. The molecule has 0 saturated carbocycles. The third-order valence-corrected chi connectivity index (χ3v) is 1.90. The van der Waals surface area contributed by atoms with Crippen LogP contribution in [0.3, 0.4) is 0 Å². The molecule has 1 atom stereocenters. The highest BCUT2D eigenvalue weighted by Gasteiger charge is 2.12. The second-order valence-corrected chi connectivity index (χ2v) is 3.52. The Morgan fingerprint density at radius 1 is 1.47 bits per heavy atom. The lowest BCUT2D eigenvalue weighted by Crippen LogP contribution is -2.30. The van der Waals surface area contributed by atoms with Crippen LogP contribution in [0.2, 0.25) is 0 Å². The summed E-state index contributed by atoms with van der Waals surface area (Å²) in [5, 5.41) is 21.7. The fraction of sp³-hybridized carbons (Fsp3) is 0.500. The van der Waals surface area contributed by atoms with Crippen LogP contribution in [0.25, 0.3) is 0 Å². The number of aliphatic carboxylic acids is 2. The fourth-order valence-corrected chi connectivity index (χ4v) is 0.964. The number of carboxylic acids is 2. The zero-order valence-electron chi connectivity index (χ0n) is 8.80. The molecule has 1 heterocycles. The van der Waals surface area contributed by atoms with Gasteiger partial charge < -0.3 is 26.6 Å². The van der Waals surface area contributed by atoms with E-state index in [2.05, 4.69) is 22.9 Å². The SMILES string of the molecule is NC(CCC(=O)O)C(=O)O.O=C1CNC(=S)N1. The third kappa shape index (κ3) is 8.11. The van der Waals surface area contributed by atoms with Gasteiger partial charge in [0.1, 0.15) is 6.04 Å². The summed E-state index contributed by atoms with van der Waals surface area (Å²) in [7, 11) is 0. The molecule has 1 saturated heterocycles. The van der Waals surface area contributed by atoms with Crippen LogP contribution in [-0.4, -0.2) is 45.8 Å². The molecule has 1 fully saturated rings. The number of carbonyl (C=O) groups excluding carboxylic acids is 1. The van der Waals surface area contributed by atoms with Crippen molar-refractivity contribution >= 4 is 35.2 Å². The van der Waals surface area contributed by atoms with E-state index in [0.29, 0.717) is 11.7 Å². The van der Waals surface area contributed by atoms with Crippen molar-refractivity contribution in [2.45, 2.75) is 18.9 Å². The summed E-state index contributed by atoms with van der Waals surface area (Å²) in [4.78, 5) is 30.1. The normalized spacial score (nSPS) is 15.1. The summed E-state index contributed by atoms with van der Waals surface area (Å²) < 4.78 is 0. The van der Waals surface area contributed by atoms with Crippen molar-refractivity contribution in [3.05, 3.63) is 0 Å². The average molecular weight is 263 g/mol. The molecule has 0 radical (unpaired) electrons. The van der Waals surface area contributed by atoms with Crippen LogP contribution in [-0.2, 0) is 14.4 Å². The van der Waals surface area contributed by atoms with Gasteiger partial charge in [-0.1, -0.05) is 0 Å². The molecule has 1 aliphatic rings. The molecule has 1 rings (SSSR count). The quantitative estimate of drug-likeness (QED) is 0.376. The van der Waals surface area contributed by atoms with E-state index in [1.54, 1.807) is 0 Å². The Kier molecular flexibility index (Phi) is 6.75. The number of amides is 1. The molecule has 1 aliphatic heterocycles. The number of thiocarbonyl (C=S) groups is 1. The van der Waals surface area contributed by atoms with Crippen LogP contribution in [0.15, 0.2) is 0 Å². The standard InChI is InChI=1S/C5H9NO4.C3H4N2OS/c6-3(5(9)10)1-2-4(7)8;6-2-1-4-3(7)5-2/h3H,1-2,6H2,(H,7,8)(H,9,10);1H2,(H2,4,5,6,7). The number of rotatable bonds is 4. The molecular formula is C8H13N3O5S. The maximum Gasteiger partial charge on any atom is 0.320 e. The van der Waals surface area contributed by atoms with Gasteiger partial charge in [-0.25, -0.2) is 0 Å². The summed E-state index contributed by atoms with van der Waals surface area (Å²) in [6, 6.07) is -1.06. The Morgan fingerprint density at radius 2 is 2.06 bits per heavy atom. The predicted octanol–water partition coefficient (Wildman–Crippen LogP) is -1.75. The van der Waals surface area contributed by atoms with Crippen molar-refractivity contribution in [3.8, 4) is 0 Å². The van der Waals surface area contributed by atoms with Gasteiger partial charge in [0.25, 0.3) is 0 Å². The molecule has 1 amide bonds. The first-order valence-corrected chi connectivity index (χ1v) is 5.01. The topological polar surface area (TPSA) is 142 Å². The van der Waals surface area contributed by atoms with Crippen molar-refractivity contribution in [3.63, 3.8) is 0 Å². The second kappa shape index (κ2) is 7.52. The van der Waals surface area contributed by atoms with E-state index in [-0.39, 0.29) is 18.7 Å². The molecule has 8 nitrogen and oxygen atoms in total. The minimum atomic E-state index is -1.17. The fourth-order valence-electron chi connectivity index (χ4n) is 0.778. The van der Waals surface area contributed by atoms with Crippen molar-refractivity contribution in [2.75, 3.05) is 6.54 Å². The first-order chi connectivity index (χ1) is 7.82. The van der Waals surface area contributed by atoms with E-state index in [1.165, 1.54) is 0 Å². The van der Waals surface area contributed by atoms with Crippen LogP contribution < -0.4 is 16.4 Å². The smallest absolute Gasteiger partial charge is 0.320 e. The Bertz CT molecular complexity index is 319. The Hall–Kier alpha value is -1.74. The molecule has 0 aromatic rings. The number of nitrogens with two attached hydrogens (primary N) is 1. The zero-order valence-corrected chi connectivity index (χ0v) is 9.62. The Morgan fingerprint density at radius 3 is 2.29 bits per heavy atom. The average Bonchev–Trinajstić information content (AvgIpc) is 2.59. The van der Waals surface area contributed by atoms with Crippen molar-refractivity contribution in [1.29, 1.82) is 0 Å². The highest BCUT2D eigenvalue weighted by molar-refractivity contribution is 7.80. The van der Waals surface area contributed by atoms with Crippen LogP contribution >= 0.6 is 12.2 Å². The second-order valence-electron chi connectivity index (χ2n) is 3.11. The number of nitrogens with one attached hydrogen (secondary N) is 2. The van der Waals surface area contributed by atoms with Crippen LogP contribution in [0, 0.1) is 0 Å². The third-order valence-electron chi connectivity index (χ3n) is 1.65. The lowest BCUT2D eigenvalue weighted by Gasteiger charge is -2.01. The van der Waals surface area contributed by atoms with Gasteiger partial charge in [-0.05, 0) is 18.6 Å². The molecule has 9 heteroatoms. The highest BCUT2D eigenvalue weighted by atomic mass is 32.1. The largest absolute Gasteiger partial charge is 0.481 e. The highest BCUT2D eigenvalue weighted by Crippen LogP contribution is 1.93. The van der Waals surface area contributed by atoms with Gasteiger partial charge in [0.2, 0.25) is 5.91 Å². The molecule has 17 heavy (non-hydrogen) atoms. The van der Waals surface area contributed by atoms with Crippen LogP contribution in [0.1, 0.15) is 12.8 Å².